The molecule has 7 heteroatoms. The number of nitrogens with zero attached hydrogens (tertiary/aromatic N) is 1. The highest BCUT2D eigenvalue weighted by Crippen LogP contribution is 2.47. The number of benzene rings is 1. The number of carbonyl (C=O) groups excluding carboxylic acids is 1. The Morgan fingerprint density at radius 3 is 2.45 bits per heavy atom. The van der Waals surface area contributed by atoms with Crippen molar-refractivity contribution < 1.29 is 18.4 Å². The number of furan rings is 2. The Kier molecular flexibility index (Phi) is 5.61. The lowest BCUT2D eigenvalue weighted by Crippen LogP contribution is -2.30. The van der Waals surface area contributed by atoms with Gasteiger partial charge in [-0.05, 0) is 48.7 Å². The largest absolute Gasteiger partial charge is 0.494 e. The first-order valence-corrected chi connectivity index (χ1v) is 10.1. The number of hydrogen-bond donors (Lipinski definition) is 0. The number of rotatable bonds is 7. The molecule has 2 unspecified atom stereocenters. The van der Waals surface area contributed by atoms with Gasteiger partial charge in [0.15, 0.2) is 5.75 Å². The van der Waals surface area contributed by atoms with Gasteiger partial charge in [0.2, 0.25) is 0 Å². The molecular formula is C22H21Cl2NO4. The lowest BCUT2D eigenvalue weighted by molar-refractivity contribution is 0.0704. The summed E-state index contributed by atoms with van der Waals surface area (Å²) in [6.45, 7) is 2.81. The first-order valence-electron chi connectivity index (χ1n) is 9.39. The smallest absolute Gasteiger partial charge is 0.254 e. The van der Waals surface area contributed by atoms with E-state index >= 15 is 0 Å². The van der Waals surface area contributed by atoms with Gasteiger partial charge in [-0.1, -0.05) is 30.1 Å². The molecule has 2 aromatic heterocycles. The molecule has 0 radical (unpaired) electrons. The number of ether oxygens (including phenoxy) is 1. The number of hydrogen-bond acceptors (Lipinski definition) is 4. The molecule has 4 rings (SSSR count). The van der Waals surface area contributed by atoms with Crippen molar-refractivity contribution in [2.75, 3.05) is 7.11 Å². The van der Waals surface area contributed by atoms with E-state index in [1.807, 2.05) is 18.2 Å². The highest BCUT2D eigenvalue weighted by Gasteiger charge is 2.36. The Morgan fingerprint density at radius 2 is 1.86 bits per heavy atom. The Hall–Kier alpha value is -2.37. The summed E-state index contributed by atoms with van der Waals surface area (Å²) < 4.78 is 16.6. The summed E-state index contributed by atoms with van der Waals surface area (Å²) in [5.41, 5.74) is 0.370. The SMILES string of the molecule is COc1c(Cl)cc(C(=O)N(Cc2ccco2)Cc2ccc(C3CC3C)o2)cc1Cl. The summed E-state index contributed by atoms with van der Waals surface area (Å²) in [5, 5.41) is 0.564. The van der Waals surface area contributed by atoms with Crippen LogP contribution in [0.1, 0.15) is 46.9 Å². The lowest BCUT2D eigenvalue weighted by atomic mass is 10.1. The second kappa shape index (κ2) is 8.17. The highest BCUT2D eigenvalue weighted by atomic mass is 35.5. The van der Waals surface area contributed by atoms with Gasteiger partial charge in [-0.25, -0.2) is 0 Å². The van der Waals surface area contributed by atoms with Crippen molar-refractivity contribution in [1.29, 1.82) is 0 Å². The Morgan fingerprint density at radius 1 is 1.17 bits per heavy atom. The van der Waals surface area contributed by atoms with Crippen LogP contribution in [0.3, 0.4) is 0 Å². The number of halogens is 2. The van der Waals surface area contributed by atoms with Gasteiger partial charge in [0.1, 0.15) is 17.3 Å². The maximum absolute atomic E-state index is 13.3. The molecule has 5 nitrogen and oxygen atoms in total. The maximum Gasteiger partial charge on any atom is 0.254 e. The van der Waals surface area contributed by atoms with Gasteiger partial charge in [-0.2, -0.15) is 0 Å². The first kappa shape index (κ1) is 19.9. The monoisotopic (exact) mass is 433 g/mol. The third kappa shape index (κ3) is 4.31. The number of amides is 1. The van der Waals surface area contributed by atoms with Crippen molar-refractivity contribution in [3.63, 3.8) is 0 Å². The van der Waals surface area contributed by atoms with Crippen LogP contribution in [-0.4, -0.2) is 17.9 Å². The Bertz CT molecular complexity index is 989. The van der Waals surface area contributed by atoms with Crippen molar-refractivity contribution >= 4 is 29.1 Å². The third-order valence-corrected chi connectivity index (χ3v) is 5.73. The van der Waals surface area contributed by atoms with E-state index in [-0.39, 0.29) is 16.0 Å². The van der Waals surface area contributed by atoms with Gasteiger partial charge in [-0.15, -0.1) is 0 Å². The van der Waals surface area contributed by atoms with Crippen molar-refractivity contribution in [3.05, 3.63) is 75.6 Å². The van der Waals surface area contributed by atoms with Crippen LogP contribution in [-0.2, 0) is 13.1 Å². The molecule has 0 spiro atoms. The van der Waals surface area contributed by atoms with Crippen molar-refractivity contribution in [3.8, 4) is 5.75 Å². The Balaban J connectivity index is 1.59. The van der Waals surface area contributed by atoms with Gasteiger partial charge in [-0.3, -0.25) is 4.79 Å². The second-order valence-corrected chi connectivity index (χ2v) is 8.15. The molecule has 1 aromatic carbocycles. The minimum atomic E-state index is -0.231. The van der Waals surface area contributed by atoms with Gasteiger partial charge < -0.3 is 18.5 Å². The van der Waals surface area contributed by atoms with Crippen LogP contribution in [0.15, 0.2) is 51.5 Å². The fraction of sp³-hybridized carbons (Fsp3) is 0.318. The predicted octanol–water partition coefficient (Wildman–Crippen LogP) is 6.15. The van der Waals surface area contributed by atoms with Gasteiger partial charge in [0, 0.05) is 11.5 Å². The zero-order valence-corrected chi connectivity index (χ0v) is 17.7. The minimum Gasteiger partial charge on any atom is -0.494 e. The van der Waals surface area contributed by atoms with E-state index in [0.29, 0.717) is 42.0 Å². The molecule has 0 N–H and O–H groups in total. The molecule has 3 aromatic rings. The summed E-state index contributed by atoms with van der Waals surface area (Å²) >= 11 is 12.5. The number of methoxy groups -OCH3 is 1. The predicted molar refractivity (Wildman–Crippen MR) is 111 cm³/mol. The highest BCUT2D eigenvalue weighted by molar-refractivity contribution is 6.37. The molecule has 2 atom stereocenters. The quantitative estimate of drug-likeness (QED) is 0.447. The van der Waals surface area contributed by atoms with E-state index < -0.39 is 0 Å². The topological polar surface area (TPSA) is 55.8 Å². The van der Waals surface area contributed by atoms with E-state index in [4.69, 9.17) is 36.8 Å². The maximum atomic E-state index is 13.3. The summed E-state index contributed by atoms with van der Waals surface area (Å²) in [7, 11) is 1.48. The standard InChI is InChI=1S/C22H21Cl2NO4/c1-13-8-17(13)20-6-5-16(29-20)12-25(11-15-4-3-7-28-15)22(26)14-9-18(23)21(27-2)19(24)10-14/h3-7,9-10,13,17H,8,11-12H2,1-2H3. The molecule has 0 aliphatic heterocycles. The summed E-state index contributed by atoms with van der Waals surface area (Å²) in [4.78, 5) is 14.9. The van der Waals surface area contributed by atoms with Gasteiger partial charge in [0.25, 0.3) is 5.91 Å². The van der Waals surface area contributed by atoms with E-state index in [2.05, 4.69) is 6.92 Å². The van der Waals surface area contributed by atoms with Crippen LogP contribution < -0.4 is 4.74 Å². The first-order chi connectivity index (χ1) is 14.0. The molecule has 152 valence electrons. The molecule has 1 aliphatic rings. The summed E-state index contributed by atoms with van der Waals surface area (Å²) in [6, 6.07) is 10.7. The molecule has 1 aliphatic carbocycles. The van der Waals surface area contributed by atoms with Crippen LogP contribution in [0.4, 0.5) is 0 Å². The molecule has 0 bridgehead atoms. The fourth-order valence-electron chi connectivity index (χ4n) is 3.44. The number of carbonyl (C=O) groups is 1. The molecule has 0 saturated heterocycles. The van der Waals surface area contributed by atoms with Crippen LogP contribution in [0.2, 0.25) is 10.0 Å². The van der Waals surface area contributed by atoms with E-state index in [9.17, 15) is 4.79 Å². The van der Waals surface area contributed by atoms with Crippen LogP contribution in [0, 0.1) is 5.92 Å². The minimum absolute atomic E-state index is 0.231. The molecule has 1 fully saturated rings. The van der Waals surface area contributed by atoms with Crippen molar-refractivity contribution in [1.82, 2.24) is 4.90 Å². The molecular weight excluding hydrogens is 413 g/mol. The van der Waals surface area contributed by atoms with Crippen molar-refractivity contribution in [2.45, 2.75) is 32.4 Å². The third-order valence-electron chi connectivity index (χ3n) is 5.17. The Labute approximate surface area is 179 Å². The average Bonchev–Trinajstić information content (AvgIpc) is 3.08. The second-order valence-electron chi connectivity index (χ2n) is 7.34. The zero-order valence-electron chi connectivity index (χ0n) is 16.2. The zero-order chi connectivity index (χ0) is 20.5. The average molecular weight is 434 g/mol. The van der Waals surface area contributed by atoms with Gasteiger partial charge in [0.05, 0.1) is 36.5 Å². The van der Waals surface area contributed by atoms with E-state index in [1.165, 1.54) is 7.11 Å². The van der Waals surface area contributed by atoms with Crippen LogP contribution in [0.5, 0.6) is 5.75 Å². The van der Waals surface area contributed by atoms with Gasteiger partial charge >= 0.3 is 0 Å². The van der Waals surface area contributed by atoms with E-state index in [1.54, 1.807) is 29.4 Å². The van der Waals surface area contributed by atoms with E-state index in [0.717, 1.165) is 17.9 Å². The van der Waals surface area contributed by atoms with Crippen LogP contribution >= 0.6 is 23.2 Å². The fourth-order valence-corrected chi connectivity index (χ4v) is 4.08. The molecule has 1 amide bonds. The normalized spacial score (nSPS) is 17.9. The summed E-state index contributed by atoms with van der Waals surface area (Å²) in [6.07, 6.45) is 2.73. The van der Waals surface area contributed by atoms with Crippen LogP contribution in [0.25, 0.3) is 0 Å². The molecule has 1 saturated carbocycles. The molecule has 2 heterocycles. The molecule has 29 heavy (non-hydrogen) atoms. The summed E-state index contributed by atoms with van der Waals surface area (Å²) in [5.74, 6) is 3.63. The van der Waals surface area contributed by atoms with Crippen molar-refractivity contribution in [2.24, 2.45) is 5.92 Å². The lowest BCUT2D eigenvalue weighted by Gasteiger charge is -2.21.